The van der Waals surface area contributed by atoms with Gasteiger partial charge in [-0.1, -0.05) is 0 Å². The van der Waals surface area contributed by atoms with E-state index in [4.69, 9.17) is 0 Å². The first-order valence-electron chi connectivity index (χ1n) is 4.27. The summed E-state index contributed by atoms with van der Waals surface area (Å²) in [6, 6.07) is 6.63. The molecule has 0 amide bonds. The van der Waals surface area contributed by atoms with Gasteiger partial charge in [0.05, 0.1) is 0 Å². The Balaban J connectivity index is 2.81. The van der Waals surface area contributed by atoms with Gasteiger partial charge in [0.2, 0.25) is 0 Å². The van der Waals surface area contributed by atoms with E-state index in [2.05, 4.69) is 4.98 Å². The fourth-order valence-corrected chi connectivity index (χ4v) is 1.45. The lowest BCUT2D eigenvalue weighted by atomic mass is 10.1. The molecule has 0 aliphatic heterocycles. The van der Waals surface area contributed by atoms with Crippen LogP contribution in [-0.2, 0) is 0 Å². The van der Waals surface area contributed by atoms with Crippen LogP contribution in [0.3, 0.4) is 0 Å². The number of phenolic OH excluding ortho intramolecular Hbond substituents is 1. The minimum Gasteiger partial charge on any atom is -0.508 e. The van der Waals surface area contributed by atoms with E-state index < -0.39 is 0 Å². The van der Waals surface area contributed by atoms with Crippen molar-refractivity contribution in [1.29, 1.82) is 0 Å². The zero-order valence-corrected chi connectivity index (χ0v) is 7.69. The molecule has 0 bridgehead atoms. The number of pyridine rings is 1. The van der Waals surface area contributed by atoms with Crippen LogP contribution in [-0.4, -0.2) is 15.9 Å². The van der Waals surface area contributed by atoms with Crippen molar-refractivity contribution < 1.29 is 9.90 Å². The van der Waals surface area contributed by atoms with Crippen molar-refractivity contribution in [2.24, 2.45) is 0 Å². The summed E-state index contributed by atoms with van der Waals surface area (Å²) in [6.07, 6.45) is 1.57. The first-order chi connectivity index (χ1) is 6.68. The van der Waals surface area contributed by atoms with E-state index in [9.17, 15) is 9.90 Å². The highest BCUT2D eigenvalue weighted by Crippen LogP contribution is 2.21. The lowest BCUT2D eigenvalue weighted by Gasteiger charge is -2.02. The molecule has 0 saturated heterocycles. The molecule has 0 aliphatic carbocycles. The monoisotopic (exact) mass is 187 g/mol. The zero-order chi connectivity index (χ0) is 10.1. The van der Waals surface area contributed by atoms with E-state index in [1.165, 1.54) is 6.92 Å². The summed E-state index contributed by atoms with van der Waals surface area (Å²) in [4.78, 5) is 15.2. The Kier molecular flexibility index (Phi) is 1.93. The van der Waals surface area contributed by atoms with Crippen molar-refractivity contribution >= 4 is 16.6 Å². The maximum atomic E-state index is 11.2. The Morgan fingerprint density at radius 1 is 1.36 bits per heavy atom. The lowest BCUT2D eigenvalue weighted by Crippen LogP contribution is -1.96. The van der Waals surface area contributed by atoms with Gasteiger partial charge in [0.1, 0.15) is 11.4 Å². The molecule has 0 atom stereocenters. The predicted octanol–water partition coefficient (Wildman–Crippen LogP) is 2.14. The molecule has 0 saturated carbocycles. The molecular formula is C11H9NO2. The van der Waals surface area contributed by atoms with Crippen LogP contribution in [0.4, 0.5) is 0 Å². The number of carbonyl (C=O) groups excluding carboxylic acids is 1. The molecule has 1 heterocycles. The minimum absolute atomic E-state index is 0.0683. The second-order valence-electron chi connectivity index (χ2n) is 3.12. The number of hydrogen-bond donors (Lipinski definition) is 1. The Morgan fingerprint density at radius 3 is 2.86 bits per heavy atom. The number of aromatic hydroxyl groups is 1. The van der Waals surface area contributed by atoms with Crippen LogP contribution < -0.4 is 0 Å². The van der Waals surface area contributed by atoms with Gasteiger partial charge in [-0.15, -0.1) is 0 Å². The molecule has 3 nitrogen and oxygen atoms in total. The lowest BCUT2D eigenvalue weighted by molar-refractivity contribution is 0.101. The molecule has 0 fully saturated rings. The van der Waals surface area contributed by atoms with Crippen molar-refractivity contribution in [3.8, 4) is 5.75 Å². The number of fused-ring (bicyclic) bond motifs is 1. The first kappa shape index (κ1) is 8.69. The van der Waals surface area contributed by atoms with E-state index in [1.54, 1.807) is 30.5 Å². The van der Waals surface area contributed by atoms with Crippen LogP contribution in [0.15, 0.2) is 30.5 Å². The third kappa shape index (κ3) is 1.33. The second kappa shape index (κ2) is 3.10. The van der Waals surface area contributed by atoms with Crippen LogP contribution in [0.5, 0.6) is 5.75 Å². The number of carbonyl (C=O) groups is 1. The summed E-state index contributed by atoms with van der Waals surface area (Å²) in [6.45, 7) is 1.48. The summed E-state index contributed by atoms with van der Waals surface area (Å²) in [5.41, 5.74) is 0.447. The van der Waals surface area contributed by atoms with Gasteiger partial charge in [0.15, 0.2) is 5.78 Å². The second-order valence-corrected chi connectivity index (χ2v) is 3.12. The van der Waals surface area contributed by atoms with Gasteiger partial charge in [-0.2, -0.15) is 0 Å². The van der Waals surface area contributed by atoms with Crippen molar-refractivity contribution in [3.63, 3.8) is 0 Å². The Labute approximate surface area is 81.0 Å². The highest BCUT2D eigenvalue weighted by molar-refractivity contribution is 6.05. The highest BCUT2D eigenvalue weighted by atomic mass is 16.3. The molecule has 1 aromatic carbocycles. The van der Waals surface area contributed by atoms with Crippen LogP contribution in [0.2, 0.25) is 0 Å². The Hall–Kier alpha value is -1.90. The summed E-state index contributed by atoms with van der Waals surface area (Å²) in [7, 11) is 0. The number of rotatable bonds is 1. The Morgan fingerprint density at radius 2 is 2.14 bits per heavy atom. The quantitative estimate of drug-likeness (QED) is 0.696. The third-order valence-corrected chi connectivity index (χ3v) is 2.08. The van der Waals surface area contributed by atoms with Crippen molar-refractivity contribution in [2.45, 2.75) is 6.92 Å². The molecule has 2 rings (SSSR count). The molecule has 0 unspecified atom stereocenters. The number of Topliss-reactive ketones (excluding diaryl/α,β-unsaturated/α-hetero) is 1. The van der Waals surface area contributed by atoms with Crippen molar-refractivity contribution in [3.05, 3.63) is 36.2 Å². The molecule has 0 aliphatic rings. The highest BCUT2D eigenvalue weighted by Gasteiger charge is 2.06. The van der Waals surface area contributed by atoms with Crippen LogP contribution in [0, 0.1) is 0 Å². The molecule has 0 radical (unpaired) electrons. The maximum absolute atomic E-state index is 11.2. The zero-order valence-electron chi connectivity index (χ0n) is 7.69. The number of nitrogens with zero attached hydrogens (tertiary/aromatic N) is 1. The standard InChI is InChI=1S/C11H9NO2/c1-7(13)11-10-3-2-9(14)6-8(10)4-5-12-11/h2-6,14H,1H3. The minimum atomic E-state index is -0.0683. The molecular weight excluding hydrogens is 178 g/mol. The van der Waals surface area contributed by atoms with Gasteiger partial charge in [0.25, 0.3) is 0 Å². The Bertz CT molecular complexity index is 506. The smallest absolute Gasteiger partial charge is 0.178 e. The molecule has 1 aromatic heterocycles. The largest absolute Gasteiger partial charge is 0.508 e. The third-order valence-electron chi connectivity index (χ3n) is 2.08. The van der Waals surface area contributed by atoms with E-state index in [0.717, 1.165) is 10.8 Å². The van der Waals surface area contributed by atoms with E-state index in [1.807, 2.05) is 0 Å². The summed E-state index contributed by atoms with van der Waals surface area (Å²) >= 11 is 0. The normalized spacial score (nSPS) is 10.4. The first-order valence-corrected chi connectivity index (χ1v) is 4.27. The molecule has 0 spiro atoms. The summed E-state index contributed by atoms with van der Waals surface area (Å²) in [5.74, 6) is 0.125. The fourth-order valence-electron chi connectivity index (χ4n) is 1.45. The summed E-state index contributed by atoms with van der Waals surface area (Å²) in [5, 5.41) is 10.9. The summed E-state index contributed by atoms with van der Waals surface area (Å²) < 4.78 is 0. The van der Waals surface area contributed by atoms with Crippen molar-refractivity contribution in [1.82, 2.24) is 4.98 Å². The fraction of sp³-hybridized carbons (Fsp3) is 0.0909. The van der Waals surface area contributed by atoms with E-state index in [0.29, 0.717) is 5.69 Å². The van der Waals surface area contributed by atoms with Gasteiger partial charge in [-0.3, -0.25) is 9.78 Å². The average Bonchev–Trinajstić information content (AvgIpc) is 2.16. The molecule has 14 heavy (non-hydrogen) atoms. The predicted molar refractivity (Wildman–Crippen MR) is 53.4 cm³/mol. The number of ketones is 1. The van der Waals surface area contributed by atoms with E-state index in [-0.39, 0.29) is 11.5 Å². The van der Waals surface area contributed by atoms with Gasteiger partial charge in [-0.25, -0.2) is 0 Å². The molecule has 3 heteroatoms. The number of aromatic nitrogens is 1. The SMILES string of the molecule is CC(=O)c1nccc2cc(O)ccc12. The van der Waals surface area contributed by atoms with Gasteiger partial charge < -0.3 is 5.11 Å². The van der Waals surface area contributed by atoms with Crippen LogP contribution >= 0.6 is 0 Å². The van der Waals surface area contributed by atoms with Crippen molar-refractivity contribution in [2.75, 3.05) is 0 Å². The topological polar surface area (TPSA) is 50.2 Å². The van der Waals surface area contributed by atoms with Crippen LogP contribution in [0.25, 0.3) is 10.8 Å². The van der Waals surface area contributed by atoms with Gasteiger partial charge >= 0.3 is 0 Å². The maximum Gasteiger partial charge on any atom is 0.178 e. The molecule has 70 valence electrons. The molecule has 1 N–H and O–H groups in total. The number of hydrogen-bond acceptors (Lipinski definition) is 3. The van der Waals surface area contributed by atoms with Crippen LogP contribution in [0.1, 0.15) is 17.4 Å². The average molecular weight is 187 g/mol. The number of phenols is 1. The number of benzene rings is 1. The van der Waals surface area contributed by atoms with Gasteiger partial charge in [-0.05, 0) is 29.7 Å². The van der Waals surface area contributed by atoms with E-state index >= 15 is 0 Å². The molecule has 2 aromatic rings. The van der Waals surface area contributed by atoms with Gasteiger partial charge in [0, 0.05) is 18.5 Å².